The Balaban J connectivity index is 1.30. The lowest BCUT2D eigenvalue weighted by Crippen LogP contribution is -2.49. The minimum Gasteiger partial charge on any atom is -0.290 e. The molecule has 0 aromatic heterocycles. The van der Waals surface area contributed by atoms with Crippen LogP contribution in [0.25, 0.3) is 0 Å². The van der Waals surface area contributed by atoms with Crippen molar-refractivity contribution in [3.8, 4) is 0 Å². The normalized spacial score (nSPS) is 18.7. The van der Waals surface area contributed by atoms with E-state index in [0.29, 0.717) is 39.3 Å². The van der Waals surface area contributed by atoms with Gasteiger partial charge in [0.25, 0.3) is 0 Å². The van der Waals surface area contributed by atoms with Crippen LogP contribution in [0.5, 0.6) is 0 Å². The zero-order chi connectivity index (χ0) is 25.9. The second-order valence-corrected chi connectivity index (χ2v) is 13.5. The molecule has 196 valence electrons. The minimum atomic E-state index is -3.73. The molecule has 2 saturated heterocycles. The van der Waals surface area contributed by atoms with Crippen LogP contribution in [0.3, 0.4) is 0 Å². The monoisotopic (exact) mass is 539 g/mol. The lowest BCUT2D eigenvalue weighted by Gasteiger charge is -2.39. The highest BCUT2D eigenvalue weighted by Crippen LogP contribution is 2.31. The Morgan fingerprint density at radius 2 is 0.892 bits per heavy atom. The van der Waals surface area contributed by atoms with Crippen LogP contribution in [0.4, 0.5) is 0 Å². The standard InChI is InChI=1S/C28H33N3O4S2/c32-36(33,30-18-8-3-9-19-30)26-14-16-27(17-15-26)37(34,35)31-22-20-29(21-23-31)28(24-10-4-1-5-11-24)25-12-6-2-7-13-25/h1-2,4-7,10-17,28H,3,8-9,18-23H2. The van der Waals surface area contributed by atoms with Gasteiger partial charge in [-0.05, 0) is 48.2 Å². The Bertz CT molecular complexity index is 1340. The number of hydrogen-bond donors (Lipinski definition) is 0. The maximum Gasteiger partial charge on any atom is 0.243 e. The first-order chi connectivity index (χ1) is 17.9. The van der Waals surface area contributed by atoms with Gasteiger partial charge in [0.2, 0.25) is 20.0 Å². The van der Waals surface area contributed by atoms with Crippen molar-refractivity contribution in [2.24, 2.45) is 0 Å². The van der Waals surface area contributed by atoms with Gasteiger partial charge in [0.15, 0.2) is 0 Å². The fourth-order valence-electron chi connectivity index (χ4n) is 5.27. The summed E-state index contributed by atoms with van der Waals surface area (Å²) < 4.78 is 55.7. The molecule has 0 spiro atoms. The summed E-state index contributed by atoms with van der Waals surface area (Å²) in [5, 5.41) is 0. The molecular formula is C28H33N3O4S2. The van der Waals surface area contributed by atoms with Crippen molar-refractivity contribution in [3.05, 3.63) is 96.1 Å². The molecule has 0 atom stereocenters. The molecule has 0 amide bonds. The molecule has 5 rings (SSSR count). The predicted octanol–water partition coefficient (Wildman–Crippen LogP) is 3.96. The average molecular weight is 540 g/mol. The Morgan fingerprint density at radius 1 is 0.486 bits per heavy atom. The molecule has 7 nitrogen and oxygen atoms in total. The number of hydrogen-bond acceptors (Lipinski definition) is 5. The molecule has 3 aromatic carbocycles. The van der Waals surface area contributed by atoms with Crippen LogP contribution in [0.2, 0.25) is 0 Å². The highest BCUT2D eigenvalue weighted by molar-refractivity contribution is 7.89. The summed E-state index contributed by atoms with van der Waals surface area (Å²) in [6.07, 6.45) is 2.74. The van der Waals surface area contributed by atoms with E-state index in [1.165, 1.54) is 44.0 Å². The van der Waals surface area contributed by atoms with Crippen molar-refractivity contribution in [2.75, 3.05) is 39.3 Å². The van der Waals surface area contributed by atoms with Gasteiger partial charge in [-0.15, -0.1) is 0 Å². The van der Waals surface area contributed by atoms with E-state index in [1.807, 2.05) is 36.4 Å². The molecule has 2 heterocycles. The molecule has 0 saturated carbocycles. The quantitative estimate of drug-likeness (QED) is 0.454. The molecule has 0 unspecified atom stereocenters. The summed E-state index contributed by atoms with van der Waals surface area (Å²) in [6.45, 7) is 2.95. The molecule has 9 heteroatoms. The first kappa shape index (κ1) is 26.1. The third-order valence-corrected chi connectivity index (χ3v) is 11.1. The van der Waals surface area contributed by atoms with Gasteiger partial charge in [0.1, 0.15) is 0 Å². The highest BCUT2D eigenvalue weighted by Gasteiger charge is 2.33. The fourth-order valence-corrected chi connectivity index (χ4v) is 8.21. The number of benzene rings is 3. The van der Waals surface area contributed by atoms with Crippen LogP contribution >= 0.6 is 0 Å². The van der Waals surface area contributed by atoms with Crippen molar-refractivity contribution in [1.29, 1.82) is 0 Å². The number of piperazine rings is 1. The summed E-state index contributed by atoms with van der Waals surface area (Å²) >= 11 is 0. The van der Waals surface area contributed by atoms with Crippen LogP contribution in [0, 0.1) is 0 Å². The van der Waals surface area contributed by atoms with Crippen molar-refractivity contribution >= 4 is 20.0 Å². The van der Waals surface area contributed by atoms with E-state index in [9.17, 15) is 16.8 Å². The molecule has 37 heavy (non-hydrogen) atoms. The minimum absolute atomic E-state index is 0.0477. The number of sulfonamides is 2. The van der Waals surface area contributed by atoms with Crippen LogP contribution in [-0.4, -0.2) is 69.6 Å². The summed E-state index contributed by atoms with van der Waals surface area (Å²) in [5.41, 5.74) is 2.35. The second kappa shape index (κ2) is 11.0. The fraction of sp³-hybridized carbons (Fsp3) is 0.357. The van der Waals surface area contributed by atoms with Gasteiger partial charge in [0.05, 0.1) is 15.8 Å². The zero-order valence-corrected chi connectivity index (χ0v) is 22.4. The third-order valence-electron chi connectivity index (χ3n) is 7.28. The van der Waals surface area contributed by atoms with E-state index in [4.69, 9.17) is 0 Å². The molecule has 0 aliphatic carbocycles. The molecule has 2 aliphatic heterocycles. The largest absolute Gasteiger partial charge is 0.290 e. The molecule has 0 bridgehead atoms. The topological polar surface area (TPSA) is 78.0 Å². The molecule has 2 aliphatic rings. The smallest absolute Gasteiger partial charge is 0.243 e. The predicted molar refractivity (Wildman–Crippen MR) is 144 cm³/mol. The van der Waals surface area contributed by atoms with E-state index >= 15 is 0 Å². The molecule has 0 N–H and O–H groups in total. The Hall–Kier alpha value is -2.56. The number of rotatable bonds is 7. The van der Waals surface area contributed by atoms with Gasteiger partial charge in [-0.25, -0.2) is 16.8 Å². The first-order valence-corrected chi connectivity index (χ1v) is 15.7. The second-order valence-electron chi connectivity index (χ2n) is 9.60. The van der Waals surface area contributed by atoms with Gasteiger partial charge in [-0.2, -0.15) is 8.61 Å². The molecule has 3 aromatic rings. The SMILES string of the molecule is O=S(=O)(c1ccc(S(=O)(=O)N2CCN(C(c3ccccc3)c3ccccc3)CC2)cc1)N1CCCCC1. The maximum atomic E-state index is 13.4. The summed E-state index contributed by atoms with van der Waals surface area (Å²) in [5.74, 6) is 0. The van der Waals surface area contributed by atoms with Crippen molar-refractivity contribution in [1.82, 2.24) is 13.5 Å². The average Bonchev–Trinajstić information content (AvgIpc) is 2.95. The lowest BCUT2D eigenvalue weighted by molar-refractivity contribution is 0.156. The van der Waals surface area contributed by atoms with Crippen LogP contribution in [-0.2, 0) is 20.0 Å². The maximum absolute atomic E-state index is 13.4. The highest BCUT2D eigenvalue weighted by atomic mass is 32.2. The van der Waals surface area contributed by atoms with Crippen molar-refractivity contribution in [2.45, 2.75) is 35.1 Å². The lowest BCUT2D eigenvalue weighted by atomic mass is 9.96. The molecular weight excluding hydrogens is 506 g/mol. The Morgan fingerprint density at radius 3 is 1.32 bits per heavy atom. The summed E-state index contributed by atoms with van der Waals surface area (Å²) in [6, 6.07) is 26.3. The zero-order valence-electron chi connectivity index (χ0n) is 20.8. The number of piperidine rings is 1. The third kappa shape index (κ3) is 5.51. The van der Waals surface area contributed by atoms with Crippen LogP contribution in [0.1, 0.15) is 36.4 Å². The summed E-state index contributed by atoms with van der Waals surface area (Å²) in [4.78, 5) is 2.60. The van der Waals surface area contributed by atoms with Gasteiger partial charge < -0.3 is 0 Å². The van der Waals surface area contributed by atoms with Crippen LogP contribution in [0.15, 0.2) is 94.7 Å². The van der Waals surface area contributed by atoms with E-state index in [-0.39, 0.29) is 15.8 Å². The van der Waals surface area contributed by atoms with Crippen molar-refractivity contribution in [3.63, 3.8) is 0 Å². The Labute approximate surface area is 220 Å². The summed E-state index contributed by atoms with van der Waals surface area (Å²) in [7, 11) is -7.33. The first-order valence-electron chi connectivity index (χ1n) is 12.8. The Kier molecular flexibility index (Phi) is 7.78. The van der Waals surface area contributed by atoms with E-state index in [2.05, 4.69) is 29.2 Å². The van der Waals surface area contributed by atoms with Gasteiger partial charge >= 0.3 is 0 Å². The van der Waals surface area contributed by atoms with Crippen molar-refractivity contribution < 1.29 is 16.8 Å². The van der Waals surface area contributed by atoms with E-state index in [0.717, 1.165) is 19.3 Å². The van der Waals surface area contributed by atoms with E-state index < -0.39 is 20.0 Å². The van der Waals surface area contributed by atoms with Gasteiger partial charge in [-0.3, -0.25) is 4.90 Å². The van der Waals surface area contributed by atoms with Crippen LogP contribution < -0.4 is 0 Å². The molecule has 0 radical (unpaired) electrons. The van der Waals surface area contributed by atoms with Gasteiger partial charge in [0, 0.05) is 39.3 Å². The van der Waals surface area contributed by atoms with E-state index in [1.54, 1.807) is 0 Å². The molecule has 2 fully saturated rings. The van der Waals surface area contributed by atoms with Gasteiger partial charge in [-0.1, -0.05) is 67.1 Å². The number of nitrogens with zero attached hydrogens (tertiary/aromatic N) is 3.